The second-order valence-corrected chi connectivity index (χ2v) is 5.20. The Morgan fingerprint density at radius 1 is 1.08 bits per heavy atom. The van der Waals surface area contributed by atoms with Crippen LogP contribution < -0.4 is 14.8 Å². The molecule has 0 bridgehead atoms. The lowest BCUT2D eigenvalue weighted by Gasteiger charge is -2.16. The Balaban J connectivity index is 2.36. The summed E-state index contributed by atoms with van der Waals surface area (Å²) in [5.41, 5.74) is 0.881. The Morgan fingerprint density at radius 3 is 2.33 bits per heavy atom. The van der Waals surface area contributed by atoms with Gasteiger partial charge in [0.05, 0.1) is 20.6 Å². The SMILES string of the molecule is CCOC(CCCNC(=O)Cc1ccc(OC)c(OC)c1)OCC. The number of hydrogen-bond donors (Lipinski definition) is 1. The Hall–Kier alpha value is -1.79. The maximum atomic E-state index is 12.0. The van der Waals surface area contributed by atoms with Gasteiger partial charge in [0.25, 0.3) is 0 Å². The molecule has 136 valence electrons. The van der Waals surface area contributed by atoms with E-state index in [9.17, 15) is 4.79 Å². The standard InChI is InChI=1S/C18H29NO5/c1-5-23-18(24-6-2)8-7-11-19-17(20)13-14-9-10-15(21-3)16(12-14)22-4/h9-10,12,18H,5-8,11,13H2,1-4H3,(H,19,20). The fourth-order valence-electron chi connectivity index (χ4n) is 2.32. The van der Waals surface area contributed by atoms with E-state index in [1.54, 1.807) is 20.3 Å². The minimum atomic E-state index is -0.192. The number of carbonyl (C=O) groups is 1. The van der Waals surface area contributed by atoms with E-state index in [1.165, 1.54) is 0 Å². The van der Waals surface area contributed by atoms with Crippen LogP contribution in [0.5, 0.6) is 11.5 Å². The smallest absolute Gasteiger partial charge is 0.224 e. The monoisotopic (exact) mass is 339 g/mol. The first kappa shape index (κ1) is 20.3. The molecule has 0 unspecified atom stereocenters. The maximum Gasteiger partial charge on any atom is 0.224 e. The Bertz CT molecular complexity index is 486. The number of nitrogens with one attached hydrogen (secondary N) is 1. The summed E-state index contributed by atoms with van der Waals surface area (Å²) in [5.74, 6) is 1.25. The van der Waals surface area contributed by atoms with Crippen LogP contribution in [0.4, 0.5) is 0 Å². The summed E-state index contributed by atoms with van der Waals surface area (Å²) in [5, 5.41) is 2.91. The number of benzene rings is 1. The van der Waals surface area contributed by atoms with Crippen LogP contribution in [0.2, 0.25) is 0 Å². The molecule has 1 amide bonds. The van der Waals surface area contributed by atoms with Crippen LogP contribution in [0.1, 0.15) is 32.3 Å². The van der Waals surface area contributed by atoms with E-state index < -0.39 is 0 Å². The van der Waals surface area contributed by atoms with Crippen LogP contribution in [-0.2, 0) is 20.7 Å². The molecule has 0 fully saturated rings. The molecule has 6 heteroatoms. The predicted molar refractivity (Wildman–Crippen MR) is 92.5 cm³/mol. The highest BCUT2D eigenvalue weighted by molar-refractivity contribution is 5.78. The van der Waals surface area contributed by atoms with Gasteiger partial charge in [-0.15, -0.1) is 0 Å². The van der Waals surface area contributed by atoms with Crippen molar-refractivity contribution in [3.63, 3.8) is 0 Å². The van der Waals surface area contributed by atoms with E-state index in [1.807, 2.05) is 26.0 Å². The van der Waals surface area contributed by atoms with Crippen molar-refractivity contribution in [1.29, 1.82) is 0 Å². The molecule has 0 aliphatic heterocycles. The summed E-state index contributed by atoms with van der Waals surface area (Å²) in [7, 11) is 3.16. The zero-order valence-electron chi connectivity index (χ0n) is 15.1. The van der Waals surface area contributed by atoms with Gasteiger partial charge in [-0.25, -0.2) is 0 Å². The molecule has 0 aliphatic rings. The fourth-order valence-corrected chi connectivity index (χ4v) is 2.32. The third-order valence-electron chi connectivity index (χ3n) is 3.46. The molecule has 1 aromatic carbocycles. The number of methoxy groups -OCH3 is 2. The quantitative estimate of drug-likeness (QED) is 0.468. The Kier molecular flexibility index (Phi) is 9.88. The van der Waals surface area contributed by atoms with Gasteiger partial charge in [-0.05, 0) is 38.0 Å². The topological polar surface area (TPSA) is 66.0 Å². The van der Waals surface area contributed by atoms with Crippen molar-refractivity contribution < 1.29 is 23.7 Å². The molecular formula is C18H29NO5. The highest BCUT2D eigenvalue weighted by Gasteiger charge is 2.10. The molecule has 0 aromatic heterocycles. The summed E-state index contributed by atoms with van der Waals surface area (Å²) >= 11 is 0. The van der Waals surface area contributed by atoms with Crippen molar-refractivity contribution in [3.8, 4) is 11.5 Å². The van der Waals surface area contributed by atoms with Crippen LogP contribution in [0, 0.1) is 0 Å². The largest absolute Gasteiger partial charge is 0.493 e. The van der Waals surface area contributed by atoms with Gasteiger partial charge in [0.15, 0.2) is 17.8 Å². The Morgan fingerprint density at radius 2 is 1.75 bits per heavy atom. The predicted octanol–water partition coefficient (Wildman–Crippen LogP) is 2.54. The van der Waals surface area contributed by atoms with E-state index in [2.05, 4.69) is 5.32 Å². The average Bonchev–Trinajstić information content (AvgIpc) is 2.58. The van der Waals surface area contributed by atoms with Crippen molar-refractivity contribution in [2.75, 3.05) is 34.0 Å². The molecule has 0 saturated carbocycles. The molecule has 1 rings (SSSR count). The first-order valence-corrected chi connectivity index (χ1v) is 8.35. The molecular weight excluding hydrogens is 310 g/mol. The molecule has 0 radical (unpaired) electrons. The number of carbonyl (C=O) groups excluding carboxylic acids is 1. The zero-order chi connectivity index (χ0) is 17.8. The lowest BCUT2D eigenvalue weighted by molar-refractivity contribution is -0.140. The second kappa shape index (κ2) is 11.7. The van der Waals surface area contributed by atoms with Crippen molar-refractivity contribution >= 4 is 5.91 Å². The van der Waals surface area contributed by atoms with Crippen molar-refractivity contribution in [2.45, 2.75) is 39.4 Å². The molecule has 0 heterocycles. The molecule has 1 aromatic rings. The van der Waals surface area contributed by atoms with Gasteiger partial charge in [0.1, 0.15) is 0 Å². The van der Waals surface area contributed by atoms with Gasteiger partial charge >= 0.3 is 0 Å². The second-order valence-electron chi connectivity index (χ2n) is 5.20. The first-order valence-electron chi connectivity index (χ1n) is 8.35. The molecule has 1 N–H and O–H groups in total. The summed E-state index contributed by atoms with van der Waals surface area (Å²) in [6.07, 6.45) is 1.68. The average molecular weight is 339 g/mol. The zero-order valence-corrected chi connectivity index (χ0v) is 15.1. The van der Waals surface area contributed by atoms with Crippen molar-refractivity contribution in [1.82, 2.24) is 5.32 Å². The number of amides is 1. The molecule has 6 nitrogen and oxygen atoms in total. The first-order chi connectivity index (χ1) is 11.6. The van der Waals surface area contributed by atoms with Crippen LogP contribution in [0.25, 0.3) is 0 Å². The van der Waals surface area contributed by atoms with E-state index in [0.717, 1.165) is 18.4 Å². The maximum absolute atomic E-state index is 12.0. The summed E-state index contributed by atoms with van der Waals surface area (Å²) < 4.78 is 21.4. The summed E-state index contributed by atoms with van der Waals surface area (Å²) in [4.78, 5) is 12.0. The fraction of sp³-hybridized carbons (Fsp3) is 0.611. The van der Waals surface area contributed by atoms with Crippen LogP contribution in [0.15, 0.2) is 18.2 Å². The van der Waals surface area contributed by atoms with Crippen LogP contribution >= 0.6 is 0 Å². The highest BCUT2D eigenvalue weighted by Crippen LogP contribution is 2.27. The van der Waals surface area contributed by atoms with Crippen LogP contribution in [-0.4, -0.2) is 46.2 Å². The minimum absolute atomic E-state index is 0.0217. The van der Waals surface area contributed by atoms with Gasteiger partial charge < -0.3 is 24.3 Å². The van der Waals surface area contributed by atoms with Crippen LogP contribution in [0.3, 0.4) is 0 Å². The minimum Gasteiger partial charge on any atom is -0.493 e. The summed E-state index contributed by atoms with van der Waals surface area (Å²) in [6, 6.07) is 5.48. The molecule has 0 aliphatic carbocycles. The summed E-state index contributed by atoms with van der Waals surface area (Å²) in [6.45, 7) is 5.73. The molecule has 24 heavy (non-hydrogen) atoms. The third kappa shape index (κ3) is 7.19. The normalized spacial score (nSPS) is 10.7. The Labute approximate surface area is 144 Å². The molecule has 0 saturated heterocycles. The van der Waals surface area contributed by atoms with E-state index >= 15 is 0 Å². The van der Waals surface area contributed by atoms with Crippen molar-refractivity contribution in [2.24, 2.45) is 0 Å². The van der Waals surface area contributed by atoms with Gasteiger partial charge in [-0.3, -0.25) is 4.79 Å². The van der Waals surface area contributed by atoms with Gasteiger partial charge in [0.2, 0.25) is 5.91 Å². The van der Waals surface area contributed by atoms with Crippen molar-refractivity contribution in [3.05, 3.63) is 23.8 Å². The lowest BCUT2D eigenvalue weighted by atomic mass is 10.1. The van der Waals surface area contributed by atoms with Gasteiger partial charge in [-0.2, -0.15) is 0 Å². The highest BCUT2D eigenvalue weighted by atomic mass is 16.7. The third-order valence-corrected chi connectivity index (χ3v) is 3.46. The van der Waals surface area contributed by atoms with E-state index in [-0.39, 0.29) is 12.2 Å². The van der Waals surface area contributed by atoms with E-state index in [4.69, 9.17) is 18.9 Å². The molecule has 0 atom stereocenters. The lowest BCUT2D eigenvalue weighted by Crippen LogP contribution is -2.27. The number of ether oxygens (including phenoxy) is 4. The van der Waals surface area contributed by atoms with E-state index in [0.29, 0.717) is 37.7 Å². The van der Waals surface area contributed by atoms with Gasteiger partial charge in [-0.1, -0.05) is 6.07 Å². The number of hydrogen-bond acceptors (Lipinski definition) is 5. The van der Waals surface area contributed by atoms with Gasteiger partial charge in [0, 0.05) is 26.2 Å². The number of rotatable bonds is 12. The molecule has 0 spiro atoms.